The van der Waals surface area contributed by atoms with Gasteiger partial charge in [-0.05, 0) is 37.1 Å². The minimum absolute atomic E-state index is 0.146. The first-order valence-electron chi connectivity index (χ1n) is 6.27. The Hall–Kier alpha value is -2.16. The number of methoxy groups -OCH3 is 1. The molecular formula is C16H19NO2. The lowest BCUT2D eigenvalue weighted by molar-refractivity contribution is 0.373. The van der Waals surface area contributed by atoms with Crippen LogP contribution in [0.2, 0.25) is 0 Å². The maximum Gasteiger partial charge on any atom is 0.160 e. The van der Waals surface area contributed by atoms with Gasteiger partial charge in [-0.3, -0.25) is 0 Å². The van der Waals surface area contributed by atoms with Crippen molar-refractivity contribution >= 4 is 5.69 Å². The Bertz CT molecular complexity index is 579. The molecular weight excluding hydrogens is 238 g/mol. The smallest absolute Gasteiger partial charge is 0.160 e. The van der Waals surface area contributed by atoms with Crippen LogP contribution in [0.5, 0.6) is 11.5 Å². The molecule has 0 saturated heterocycles. The maximum absolute atomic E-state index is 9.71. The molecule has 0 aliphatic heterocycles. The van der Waals surface area contributed by atoms with E-state index in [0.29, 0.717) is 5.75 Å². The second kappa shape index (κ2) is 5.65. The molecule has 0 bridgehead atoms. The van der Waals surface area contributed by atoms with Crippen LogP contribution in [0.25, 0.3) is 0 Å². The van der Waals surface area contributed by atoms with Crippen molar-refractivity contribution in [3.8, 4) is 11.5 Å². The van der Waals surface area contributed by atoms with Gasteiger partial charge in [-0.1, -0.05) is 23.8 Å². The molecule has 0 unspecified atom stereocenters. The first kappa shape index (κ1) is 13.3. The van der Waals surface area contributed by atoms with Crippen molar-refractivity contribution < 1.29 is 9.84 Å². The van der Waals surface area contributed by atoms with Crippen molar-refractivity contribution in [2.75, 3.05) is 12.4 Å². The van der Waals surface area contributed by atoms with Gasteiger partial charge in [-0.15, -0.1) is 0 Å². The number of benzene rings is 2. The molecule has 0 aromatic heterocycles. The molecule has 2 aromatic carbocycles. The summed E-state index contributed by atoms with van der Waals surface area (Å²) in [5.74, 6) is 0.630. The van der Waals surface area contributed by atoms with E-state index >= 15 is 0 Å². The highest BCUT2D eigenvalue weighted by Crippen LogP contribution is 2.28. The lowest BCUT2D eigenvalue weighted by Crippen LogP contribution is -2.01. The van der Waals surface area contributed by atoms with E-state index in [2.05, 4.69) is 37.4 Å². The molecule has 3 nitrogen and oxygen atoms in total. The molecule has 2 rings (SSSR count). The van der Waals surface area contributed by atoms with Crippen molar-refractivity contribution in [1.29, 1.82) is 0 Å². The summed E-state index contributed by atoms with van der Waals surface area (Å²) in [6.45, 7) is 4.93. The predicted molar refractivity (Wildman–Crippen MR) is 77.9 cm³/mol. The molecule has 0 fully saturated rings. The summed E-state index contributed by atoms with van der Waals surface area (Å²) in [6, 6.07) is 11.7. The predicted octanol–water partition coefficient (Wildman–Crippen LogP) is 3.63. The summed E-state index contributed by atoms with van der Waals surface area (Å²) >= 11 is 0. The lowest BCUT2D eigenvalue weighted by Gasteiger charge is -2.11. The normalized spacial score (nSPS) is 10.3. The molecule has 0 aliphatic carbocycles. The van der Waals surface area contributed by atoms with Crippen LogP contribution in [0.15, 0.2) is 36.4 Å². The number of phenolic OH excluding ortho intramolecular Hbond substituents is 1. The monoisotopic (exact) mass is 257 g/mol. The van der Waals surface area contributed by atoms with Crippen molar-refractivity contribution in [1.82, 2.24) is 0 Å². The highest BCUT2D eigenvalue weighted by Gasteiger charge is 2.03. The Morgan fingerprint density at radius 1 is 1.11 bits per heavy atom. The molecule has 0 amide bonds. The first-order chi connectivity index (χ1) is 9.10. The van der Waals surface area contributed by atoms with E-state index in [4.69, 9.17) is 4.74 Å². The van der Waals surface area contributed by atoms with Crippen LogP contribution in [0, 0.1) is 13.8 Å². The van der Waals surface area contributed by atoms with E-state index in [9.17, 15) is 5.11 Å². The Labute approximate surface area is 113 Å². The molecule has 0 saturated carbocycles. The third-order valence-electron chi connectivity index (χ3n) is 3.16. The van der Waals surface area contributed by atoms with Crippen LogP contribution < -0.4 is 10.1 Å². The van der Waals surface area contributed by atoms with Crippen LogP contribution >= 0.6 is 0 Å². The summed E-state index contributed by atoms with van der Waals surface area (Å²) in [7, 11) is 1.54. The molecule has 0 spiro atoms. The SMILES string of the molecule is COc1ccc(NCc2ccc(C)cc2C)cc1O. The fraction of sp³-hybridized carbons (Fsp3) is 0.250. The number of hydrogen-bond acceptors (Lipinski definition) is 3. The highest BCUT2D eigenvalue weighted by atomic mass is 16.5. The summed E-state index contributed by atoms with van der Waals surface area (Å²) in [6.07, 6.45) is 0. The Morgan fingerprint density at radius 3 is 2.53 bits per heavy atom. The lowest BCUT2D eigenvalue weighted by atomic mass is 10.1. The fourth-order valence-electron chi connectivity index (χ4n) is 2.04. The third-order valence-corrected chi connectivity index (χ3v) is 3.16. The van der Waals surface area contributed by atoms with Crippen LogP contribution in [0.4, 0.5) is 5.69 Å². The highest BCUT2D eigenvalue weighted by molar-refractivity contribution is 5.54. The van der Waals surface area contributed by atoms with Crippen molar-refractivity contribution in [2.24, 2.45) is 0 Å². The number of aromatic hydroxyl groups is 1. The molecule has 0 radical (unpaired) electrons. The molecule has 2 aromatic rings. The maximum atomic E-state index is 9.71. The first-order valence-corrected chi connectivity index (χ1v) is 6.27. The number of anilines is 1. The average Bonchev–Trinajstić information content (AvgIpc) is 2.38. The largest absolute Gasteiger partial charge is 0.504 e. The van der Waals surface area contributed by atoms with Crippen molar-refractivity contribution in [3.63, 3.8) is 0 Å². The second-order valence-electron chi connectivity index (χ2n) is 4.67. The zero-order chi connectivity index (χ0) is 13.8. The molecule has 0 heterocycles. The van der Waals surface area contributed by atoms with Crippen LogP contribution in [-0.2, 0) is 6.54 Å². The van der Waals surface area contributed by atoms with Gasteiger partial charge in [0.25, 0.3) is 0 Å². The number of rotatable bonds is 4. The number of nitrogens with one attached hydrogen (secondary N) is 1. The van der Waals surface area contributed by atoms with Crippen molar-refractivity contribution in [2.45, 2.75) is 20.4 Å². The van der Waals surface area contributed by atoms with E-state index in [1.807, 2.05) is 6.07 Å². The summed E-state index contributed by atoms with van der Waals surface area (Å²) in [5.41, 5.74) is 4.66. The summed E-state index contributed by atoms with van der Waals surface area (Å²) in [5, 5.41) is 13.0. The zero-order valence-electron chi connectivity index (χ0n) is 11.5. The molecule has 2 N–H and O–H groups in total. The summed E-state index contributed by atoms with van der Waals surface area (Å²) < 4.78 is 5.02. The van der Waals surface area contributed by atoms with Crippen LogP contribution in [-0.4, -0.2) is 12.2 Å². The number of phenols is 1. The van der Waals surface area contributed by atoms with Gasteiger partial charge in [-0.2, -0.15) is 0 Å². The van der Waals surface area contributed by atoms with E-state index in [1.54, 1.807) is 12.1 Å². The van der Waals surface area contributed by atoms with E-state index < -0.39 is 0 Å². The standard InChI is InChI=1S/C16H19NO2/c1-11-4-5-13(12(2)8-11)10-17-14-6-7-16(19-3)15(18)9-14/h4-9,17-18H,10H2,1-3H3. The molecule has 0 atom stereocenters. The molecule has 19 heavy (non-hydrogen) atoms. The van der Waals surface area contributed by atoms with Gasteiger partial charge in [0.1, 0.15) is 0 Å². The van der Waals surface area contributed by atoms with E-state index in [0.717, 1.165) is 12.2 Å². The molecule has 0 aliphatic rings. The van der Waals surface area contributed by atoms with Gasteiger partial charge >= 0.3 is 0 Å². The van der Waals surface area contributed by atoms with Gasteiger partial charge in [0, 0.05) is 18.3 Å². The molecule has 100 valence electrons. The molecule has 3 heteroatoms. The zero-order valence-corrected chi connectivity index (χ0v) is 11.5. The van der Waals surface area contributed by atoms with Gasteiger partial charge in [0.15, 0.2) is 11.5 Å². The Balaban J connectivity index is 2.08. The number of ether oxygens (including phenoxy) is 1. The minimum atomic E-state index is 0.146. The van der Waals surface area contributed by atoms with Crippen molar-refractivity contribution in [3.05, 3.63) is 53.1 Å². The van der Waals surface area contributed by atoms with E-state index in [1.165, 1.54) is 23.8 Å². The van der Waals surface area contributed by atoms with Gasteiger partial charge in [0.05, 0.1) is 7.11 Å². The van der Waals surface area contributed by atoms with Gasteiger partial charge in [0.2, 0.25) is 0 Å². The fourth-order valence-corrected chi connectivity index (χ4v) is 2.04. The van der Waals surface area contributed by atoms with Gasteiger partial charge in [-0.25, -0.2) is 0 Å². The Kier molecular flexibility index (Phi) is 3.95. The van der Waals surface area contributed by atoms with Crippen LogP contribution in [0.1, 0.15) is 16.7 Å². The van der Waals surface area contributed by atoms with E-state index in [-0.39, 0.29) is 5.75 Å². The third kappa shape index (κ3) is 3.19. The number of aryl methyl sites for hydroxylation is 2. The average molecular weight is 257 g/mol. The topological polar surface area (TPSA) is 41.5 Å². The summed E-state index contributed by atoms with van der Waals surface area (Å²) in [4.78, 5) is 0. The van der Waals surface area contributed by atoms with Crippen LogP contribution in [0.3, 0.4) is 0 Å². The van der Waals surface area contributed by atoms with Gasteiger partial charge < -0.3 is 15.2 Å². The quantitative estimate of drug-likeness (QED) is 0.878. The second-order valence-corrected chi connectivity index (χ2v) is 4.67. The number of hydrogen-bond donors (Lipinski definition) is 2. The minimum Gasteiger partial charge on any atom is -0.504 e. The Morgan fingerprint density at radius 2 is 1.89 bits per heavy atom.